The third-order valence-corrected chi connectivity index (χ3v) is 2.41. The van der Waals surface area contributed by atoms with Crippen molar-refractivity contribution in [2.75, 3.05) is 6.61 Å². The molecule has 0 aliphatic carbocycles. The molecule has 4 nitrogen and oxygen atoms in total. The predicted octanol–water partition coefficient (Wildman–Crippen LogP) is 2.75. The fourth-order valence-electron chi connectivity index (χ4n) is 1.61. The number of rotatable bonds is 7. The quantitative estimate of drug-likeness (QED) is 0.563. The Bertz CT molecular complexity index is 445. The number of ether oxygens (including phenoxy) is 2. The van der Waals surface area contributed by atoms with Gasteiger partial charge in [0.1, 0.15) is 17.9 Å². The van der Waals surface area contributed by atoms with E-state index in [-0.39, 0.29) is 17.9 Å². The van der Waals surface area contributed by atoms with Gasteiger partial charge in [0, 0.05) is 11.6 Å². The van der Waals surface area contributed by atoms with Gasteiger partial charge >= 0.3 is 5.97 Å². The zero-order valence-corrected chi connectivity index (χ0v) is 11.0. The van der Waals surface area contributed by atoms with E-state index in [4.69, 9.17) is 9.47 Å². The Kier molecular flexibility index (Phi) is 5.99. The first-order chi connectivity index (χ1) is 9.10. The van der Waals surface area contributed by atoms with E-state index in [9.17, 15) is 14.0 Å². The summed E-state index contributed by atoms with van der Waals surface area (Å²) in [5.41, 5.74) is 0.161. The monoisotopic (exact) mass is 268 g/mol. The lowest BCUT2D eigenvalue weighted by Gasteiger charge is -2.17. The van der Waals surface area contributed by atoms with Gasteiger partial charge in [0.05, 0.1) is 6.61 Å². The van der Waals surface area contributed by atoms with Crippen molar-refractivity contribution in [2.45, 2.75) is 32.8 Å². The van der Waals surface area contributed by atoms with Crippen molar-refractivity contribution < 1.29 is 23.5 Å². The van der Waals surface area contributed by atoms with Crippen molar-refractivity contribution in [1.82, 2.24) is 0 Å². The minimum absolute atomic E-state index is 0.147. The molecule has 1 atom stereocenters. The maximum atomic E-state index is 13.2. The van der Waals surface area contributed by atoms with Crippen LogP contribution in [0.4, 0.5) is 4.39 Å². The average Bonchev–Trinajstić information content (AvgIpc) is 2.37. The number of halogens is 1. The molecule has 0 aromatic heterocycles. The van der Waals surface area contributed by atoms with Gasteiger partial charge in [-0.3, -0.25) is 4.79 Å². The summed E-state index contributed by atoms with van der Waals surface area (Å²) in [6.07, 6.45) is 0.923. The third-order valence-electron chi connectivity index (χ3n) is 2.41. The Balaban J connectivity index is 2.86. The molecule has 1 aromatic rings. The van der Waals surface area contributed by atoms with Crippen molar-refractivity contribution in [3.8, 4) is 5.75 Å². The van der Waals surface area contributed by atoms with E-state index in [0.717, 1.165) is 18.6 Å². The van der Waals surface area contributed by atoms with Crippen LogP contribution in [0.2, 0.25) is 0 Å². The van der Waals surface area contributed by atoms with Gasteiger partial charge in [0.2, 0.25) is 0 Å². The lowest BCUT2D eigenvalue weighted by Crippen LogP contribution is -2.29. The SMILES string of the molecule is CCCC(Oc1cc(F)cc(C=O)c1)C(=O)OCC. The Morgan fingerprint density at radius 2 is 2.11 bits per heavy atom. The molecule has 1 unspecified atom stereocenters. The number of carbonyl (C=O) groups is 2. The molecular formula is C14H17FO4. The van der Waals surface area contributed by atoms with Crippen molar-refractivity contribution in [3.05, 3.63) is 29.6 Å². The molecule has 19 heavy (non-hydrogen) atoms. The van der Waals surface area contributed by atoms with Crippen LogP contribution in [0.25, 0.3) is 0 Å². The highest BCUT2D eigenvalue weighted by Crippen LogP contribution is 2.19. The first kappa shape index (κ1) is 15.1. The molecule has 0 amide bonds. The molecule has 0 heterocycles. The Morgan fingerprint density at radius 3 is 2.68 bits per heavy atom. The van der Waals surface area contributed by atoms with Crippen LogP contribution in [-0.2, 0) is 9.53 Å². The topological polar surface area (TPSA) is 52.6 Å². The largest absolute Gasteiger partial charge is 0.479 e. The standard InChI is InChI=1S/C14H17FO4/c1-3-5-13(14(17)18-4-2)19-12-7-10(9-16)6-11(15)8-12/h6-9,13H,3-5H2,1-2H3. The Hall–Kier alpha value is -1.91. The highest BCUT2D eigenvalue weighted by molar-refractivity contribution is 5.76. The second-order valence-electron chi connectivity index (χ2n) is 3.99. The molecule has 0 saturated heterocycles. The van der Waals surface area contributed by atoms with Gasteiger partial charge in [-0.15, -0.1) is 0 Å². The molecule has 1 rings (SSSR count). The summed E-state index contributed by atoms with van der Waals surface area (Å²) in [5.74, 6) is -0.923. The van der Waals surface area contributed by atoms with Crippen molar-refractivity contribution in [1.29, 1.82) is 0 Å². The number of aldehydes is 1. The second kappa shape index (κ2) is 7.51. The summed E-state index contributed by atoms with van der Waals surface area (Å²) >= 11 is 0. The smallest absolute Gasteiger partial charge is 0.347 e. The van der Waals surface area contributed by atoms with E-state index in [1.54, 1.807) is 6.92 Å². The Labute approximate surface area is 111 Å². The van der Waals surface area contributed by atoms with E-state index >= 15 is 0 Å². The maximum Gasteiger partial charge on any atom is 0.347 e. The maximum absolute atomic E-state index is 13.2. The minimum Gasteiger partial charge on any atom is -0.479 e. The molecular weight excluding hydrogens is 251 g/mol. The number of hydrogen-bond acceptors (Lipinski definition) is 4. The summed E-state index contributed by atoms with van der Waals surface area (Å²) in [4.78, 5) is 22.3. The van der Waals surface area contributed by atoms with Crippen LogP contribution in [-0.4, -0.2) is 25.0 Å². The van der Waals surface area contributed by atoms with Gasteiger partial charge in [-0.2, -0.15) is 0 Å². The Morgan fingerprint density at radius 1 is 1.37 bits per heavy atom. The highest BCUT2D eigenvalue weighted by atomic mass is 19.1. The molecule has 104 valence electrons. The first-order valence-electron chi connectivity index (χ1n) is 6.19. The normalized spacial score (nSPS) is 11.7. The van der Waals surface area contributed by atoms with E-state index in [0.29, 0.717) is 12.7 Å². The lowest BCUT2D eigenvalue weighted by molar-refractivity contribution is -0.151. The molecule has 0 bridgehead atoms. The van der Waals surface area contributed by atoms with Crippen LogP contribution in [0.5, 0.6) is 5.75 Å². The molecule has 0 aliphatic heterocycles. The van der Waals surface area contributed by atoms with Gasteiger partial charge in [0.15, 0.2) is 6.10 Å². The number of hydrogen-bond donors (Lipinski definition) is 0. The first-order valence-corrected chi connectivity index (χ1v) is 6.19. The molecule has 0 spiro atoms. The summed E-state index contributed by atoms with van der Waals surface area (Å²) in [6.45, 7) is 3.86. The van der Waals surface area contributed by atoms with Crippen LogP contribution in [0, 0.1) is 5.82 Å². The van der Waals surface area contributed by atoms with E-state index in [1.807, 2.05) is 6.92 Å². The average molecular weight is 268 g/mol. The van der Waals surface area contributed by atoms with E-state index < -0.39 is 17.9 Å². The molecule has 0 aliphatic rings. The molecule has 0 N–H and O–H groups in total. The van der Waals surface area contributed by atoms with Crippen LogP contribution in [0.1, 0.15) is 37.0 Å². The summed E-state index contributed by atoms with van der Waals surface area (Å²) in [7, 11) is 0. The van der Waals surface area contributed by atoms with Crippen molar-refractivity contribution >= 4 is 12.3 Å². The molecule has 0 fully saturated rings. The molecule has 1 aromatic carbocycles. The van der Waals surface area contributed by atoms with Crippen molar-refractivity contribution in [2.24, 2.45) is 0 Å². The summed E-state index contributed by atoms with van der Waals surface area (Å²) < 4.78 is 23.6. The minimum atomic E-state index is -0.786. The van der Waals surface area contributed by atoms with Crippen LogP contribution < -0.4 is 4.74 Å². The second-order valence-corrected chi connectivity index (χ2v) is 3.99. The third kappa shape index (κ3) is 4.69. The number of esters is 1. The van der Waals surface area contributed by atoms with Crippen LogP contribution in [0.3, 0.4) is 0 Å². The van der Waals surface area contributed by atoms with E-state index in [2.05, 4.69) is 0 Å². The van der Waals surface area contributed by atoms with Gasteiger partial charge in [-0.1, -0.05) is 13.3 Å². The molecule has 0 radical (unpaired) electrons. The molecule has 0 saturated carbocycles. The van der Waals surface area contributed by atoms with Crippen molar-refractivity contribution in [3.63, 3.8) is 0 Å². The van der Waals surface area contributed by atoms with Gasteiger partial charge in [0.25, 0.3) is 0 Å². The van der Waals surface area contributed by atoms with Gasteiger partial charge < -0.3 is 9.47 Å². The lowest BCUT2D eigenvalue weighted by atomic mass is 10.2. The summed E-state index contributed by atoms with van der Waals surface area (Å²) in [5, 5.41) is 0. The fraction of sp³-hybridized carbons (Fsp3) is 0.429. The zero-order valence-electron chi connectivity index (χ0n) is 11.0. The van der Waals surface area contributed by atoms with Gasteiger partial charge in [-0.25, -0.2) is 9.18 Å². The fourth-order valence-corrected chi connectivity index (χ4v) is 1.61. The highest BCUT2D eigenvalue weighted by Gasteiger charge is 2.21. The number of carbonyl (C=O) groups excluding carboxylic acids is 2. The summed E-state index contributed by atoms with van der Waals surface area (Å²) in [6, 6.07) is 3.62. The number of benzene rings is 1. The van der Waals surface area contributed by atoms with Gasteiger partial charge in [-0.05, 0) is 25.5 Å². The molecule has 5 heteroatoms. The van der Waals surface area contributed by atoms with Crippen LogP contribution in [0.15, 0.2) is 18.2 Å². The van der Waals surface area contributed by atoms with Crippen LogP contribution >= 0.6 is 0 Å². The van der Waals surface area contributed by atoms with E-state index in [1.165, 1.54) is 6.07 Å². The zero-order chi connectivity index (χ0) is 14.3. The predicted molar refractivity (Wildman–Crippen MR) is 67.7 cm³/mol.